The summed E-state index contributed by atoms with van der Waals surface area (Å²) in [5.74, 6) is -1.62. The molecule has 6 heteroatoms. The van der Waals surface area contributed by atoms with Gasteiger partial charge in [-0.25, -0.2) is 0 Å². The maximum absolute atomic E-state index is 12.7. The smallest absolute Gasteiger partial charge is 0.305 e. The molecular weight excluding hydrogens is 344 g/mol. The van der Waals surface area contributed by atoms with Crippen molar-refractivity contribution < 1.29 is 19.5 Å². The van der Waals surface area contributed by atoms with Crippen molar-refractivity contribution in [1.29, 1.82) is 0 Å². The molecule has 1 unspecified atom stereocenters. The highest BCUT2D eigenvalue weighted by Gasteiger charge is 2.19. The lowest BCUT2D eigenvalue weighted by Gasteiger charge is -2.16. The van der Waals surface area contributed by atoms with Crippen LogP contribution in [0.3, 0.4) is 0 Å². The van der Waals surface area contributed by atoms with Crippen LogP contribution in [0.25, 0.3) is 0 Å². The Morgan fingerprint density at radius 1 is 1.00 bits per heavy atom. The Kier molecular flexibility index (Phi) is 7.55. The van der Waals surface area contributed by atoms with Gasteiger partial charge in [0.1, 0.15) is 0 Å². The Balaban J connectivity index is 1.99. The summed E-state index contributed by atoms with van der Waals surface area (Å²) >= 11 is 0. The first-order chi connectivity index (χ1) is 13.0. The monoisotopic (exact) mass is 368 g/mol. The van der Waals surface area contributed by atoms with Gasteiger partial charge in [0.2, 0.25) is 5.91 Å². The molecule has 2 amide bonds. The molecule has 0 saturated carbocycles. The summed E-state index contributed by atoms with van der Waals surface area (Å²) < 4.78 is 0. The standard InChI is InChI=1S/C21H24N2O4/c1-2-6-18(15-7-4-3-5-8-15)21(27)23-17-11-9-16(10-12-17)20(26)22-14-13-19(24)25/h3-5,7-12,18H,2,6,13-14H2,1H3,(H,22,26)(H,23,27)(H,24,25). The van der Waals surface area contributed by atoms with Crippen LogP contribution < -0.4 is 10.6 Å². The van der Waals surface area contributed by atoms with Gasteiger partial charge in [0.05, 0.1) is 12.3 Å². The number of carbonyl (C=O) groups is 3. The van der Waals surface area contributed by atoms with Gasteiger partial charge in [-0.3, -0.25) is 14.4 Å². The molecule has 27 heavy (non-hydrogen) atoms. The zero-order valence-corrected chi connectivity index (χ0v) is 15.3. The predicted octanol–water partition coefficient (Wildman–Crippen LogP) is 3.41. The predicted molar refractivity (Wildman–Crippen MR) is 104 cm³/mol. The quantitative estimate of drug-likeness (QED) is 0.632. The Hall–Kier alpha value is -3.15. The van der Waals surface area contributed by atoms with Gasteiger partial charge in [-0.2, -0.15) is 0 Å². The topological polar surface area (TPSA) is 95.5 Å². The highest BCUT2D eigenvalue weighted by atomic mass is 16.4. The third kappa shape index (κ3) is 6.26. The summed E-state index contributed by atoms with van der Waals surface area (Å²) in [6, 6.07) is 16.2. The molecule has 0 aliphatic heterocycles. The Morgan fingerprint density at radius 2 is 1.67 bits per heavy atom. The van der Waals surface area contributed by atoms with Crippen molar-refractivity contribution in [3.8, 4) is 0 Å². The molecule has 142 valence electrons. The first-order valence-corrected chi connectivity index (χ1v) is 8.97. The van der Waals surface area contributed by atoms with Gasteiger partial charge in [0.25, 0.3) is 5.91 Å². The largest absolute Gasteiger partial charge is 0.481 e. The normalized spacial score (nSPS) is 11.4. The fraction of sp³-hybridized carbons (Fsp3) is 0.286. The number of hydrogen-bond donors (Lipinski definition) is 3. The van der Waals surface area contributed by atoms with Crippen LogP contribution in [-0.2, 0) is 9.59 Å². The van der Waals surface area contributed by atoms with Crippen LogP contribution in [0.1, 0.15) is 48.0 Å². The average Bonchev–Trinajstić information content (AvgIpc) is 2.67. The molecule has 2 aromatic carbocycles. The first kappa shape index (κ1) is 20.2. The van der Waals surface area contributed by atoms with E-state index in [1.165, 1.54) is 0 Å². The van der Waals surface area contributed by atoms with Gasteiger partial charge in [0, 0.05) is 17.8 Å². The molecule has 0 saturated heterocycles. The third-order valence-electron chi connectivity index (χ3n) is 4.13. The lowest BCUT2D eigenvalue weighted by atomic mass is 9.93. The van der Waals surface area contributed by atoms with E-state index in [2.05, 4.69) is 10.6 Å². The molecule has 0 aromatic heterocycles. The summed E-state index contributed by atoms with van der Waals surface area (Å²) in [5.41, 5.74) is 2.00. The number of anilines is 1. The summed E-state index contributed by atoms with van der Waals surface area (Å²) in [5, 5.41) is 14.0. The Bertz CT molecular complexity index is 773. The molecule has 6 nitrogen and oxygen atoms in total. The number of hydrogen-bond acceptors (Lipinski definition) is 3. The zero-order chi connectivity index (χ0) is 19.6. The molecular formula is C21H24N2O4. The number of carboxylic acids is 1. The van der Waals surface area contributed by atoms with Crippen LogP contribution in [0.15, 0.2) is 54.6 Å². The number of nitrogens with one attached hydrogen (secondary N) is 2. The van der Waals surface area contributed by atoms with Crippen LogP contribution in [0.4, 0.5) is 5.69 Å². The molecule has 0 aliphatic rings. The van der Waals surface area contributed by atoms with Crippen molar-refractivity contribution >= 4 is 23.5 Å². The average molecular weight is 368 g/mol. The van der Waals surface area contributed by atoms with Crippen molar-refractivity contribution in [3.05, 3.63) is 65.7 Å². The summed E-state index contributed by atoms with van der Waals surface area (Å²) in [6.45, 7) is 2.11. The minimum atomic E-state index is -0.964. The number of carbonyl (C=O) groups excluding carboxylic acids is 2. The highest BCUT2D eigenvalue weighted by Crippen LogP contribution is 2.23. The number of rotatable bonds is 9. The van der Waals surface area contributed by atoms with Gasteiger partial charge in [-0.05, 0) is 36.2 Å². The van der Waals surface area contributed by atoms with Crippen molar-refractivity contribution in [3.63, 3.8) is 0 Å². The number of aliphatic carboxylic acids is 1. The second kappa shape index (κ2) is 10.1. The van der Waals surface area contributed by atoms with Crippen molar-refractivity contribution in [2.24, 2.45) is 0 Å². The number of carboxylic acid groups (broad SMARTS) is 1. The van der Waals surface area contributed by atoms with Gasteiger partial charge in [-0.1, -0.05) is 43.7 Å². The fourth-order valence-electron chi connectivity index (χ4n) is 2.74. The van der Waals surface area contributed by atoms with E-state index in [0.717, 1.165) is 18.4 Å². The van der Waals surface area contributed by atoms with Crippen LogP contribution in [0, 0.1) is 0 Å². The zero-order valence-electron chi connectivity index (χ0n) is 15.3. The second-order valence-corrected chi connectivity index (χ2v) is 6.22. The van der Waals surface area contributed by atoms with Crippen LogP contribution in [0.5, 0.6) is 0 Å². The molecule has 1 atom stereocenters. The van der Waals surface area contributed by atoms with E-state index >= 15 is 0 Å². The highest BCUT2D eigenvalue weighted by molar-refractivity contribution is 5.97. The summed E-state index contributed by atoms with van der Waals surface area (Å²) in [7, 11) is 0. The third-order valence-corrected chi connectivity index (χ3v) is 4.13. The van der Waals surface area contributed by atoms with Gasteiger partial charge in [-0.15, -0.1) is 0 Å². The molecule has 0 spiro atoms. The van der Waals surface area contributed by atoms with Crippen LogP contribution >= 0.6 is 0 Å². The maximum atomic E-state index is 12.7. The summed E-state index contributed by atoms with van der Waals surface area (Å²) in [4.78, 5) is 35.1. The van der Waals surface area contributed by atoms with Crippen molar-refractivity contribution in [2.75, 3.05) is 11.9 Å². The van der Waals surface area contributed by atoms with E-state index < -0.39 is 5.97 Å². The first-order valence-electron chi connectivity index (χ1n) is 8.97. The molecule has 0 bridgehead atoms. The molecule has 0 radical (unpaired) electrons. The van der Waals surface area contributed by atoms with E-state index in [0.29, 0.717) is 11.3 Å². The number of amides is 2. The second-order valence-electron chi connectivity index (χ2n) is 6.22. The van der Waals surface area contributed by atoms with Gasteiger partial charge >= 0.3 is 5.97 Å². The molecule has 2 rings (SSSR count). The van der Waals surface area contributed by atoms with E-state index in [4.69, 9.17) is 5.11 Å². The molecule has 0 fully saturated rings. The molecule has 3 N–H and O–H groups in total. The van der Waals surface area contributed by atoms with E-state index in [9.17, 15) is 14.4 Å². The van der Waals surface area contributed by atoms with Gasteiger partial charge in [0.15, 0.2) is 0 Å². The molecule has 0 heterocycles. The fourth-order valence-corrected chi connectivity index (χ4v) is 2.74. The van der Waals surface area contributed by atoms with Gasteiger partial charge < -0.3 is 15.7 Å². The lowest BCUT2D eigenvalue weighted by molar-refractivity contribution is -0.136. The van der Waals surface area contributed by atoms with Crippen LogP contribution in [-0.4, -0.2) is 29.4 Å². The Morgan fingerprint density at radius 3 is 2.26 bits per heavy atom. The van der Waals surface area contributed by atoms with E-state index in [-0.39, 0.29) is 30.7 Å². The molecule has 0 aliphatic carbocycles. The summed E-state index contributed by atoms with van der Waals surface area (Å²) in [6.07, 6.45) is 1.51. The minimum Gasteiger partial charge on any atom is -0.481 e. The SMILES string of the molecule is CCCC(C(=O)Nc1ccc(C(=O)NCCC(=O)O)cc1)c1ccccc1. The van der Waals surface area contributed by atoms with Crippen molar-refractivity contribution in [2.45, 2.75) is 32.1 Å². The number of benzene rings is 2. The van der Waals surface area contributed by atoms with E-state index in [1.807, 2.05) is 37.3 Å². The van der Waals surface area contributed by atoms with Crippen molar-refractivity contribution in [1.82, 2.24) is 5.32 Å². The maximum Gasteiger partial charge on any atom is 0.305 e. The molecule has 2 aromatic rings. The Labute approximate surface area is 158 Å². The minimum absolute atomic E-state index is 0.0719. The van der Waals surface area contributed by atoms with Crippen LogP contribution in [0.2, 0.25) is 0 Å². The van der Waals surface area contributed by atoms with E-state index in [1.54, 1.807) is 24.3 Å². The lowest BCUT2D eigenvalue weighted by Crippen LogP contribution is -2.26.